The van der Waals surface area contributed by atoms with Crippen LogP contribution in [0.5, 0.6) is 11.5 Å². The summed E-state index contributed by atoms with van der Waals surface area (Å²) >= 11 is 5.96. The van der Waals surface area contributed by atoms with Crippen LogP contribution in [0.15, 0.2) is 71.4 Å². The highest BCUT2D eigenvalue weighted by Crippen LogP contribution is 2.32. The lowest BCUT2D eigenvalue weighted by Crippen LogP contribution is -2.11. The number of aryl methyl sites for hydroxylation is 1. The van der Waals surface area contributed by atoms with E-state index in [4.69, 9.17) is 20.8 Å². The highest BCUT2D eigenvalue weighted by Gasteiger charge is 2.17. The Balaban J connectivity index is 1.54. The molecule has 0 aliphatic rings. The Hall–Kier alpha value is -4.11. The van der Waals surface area contributed by atoms with Gasteiger partial charge in [0.05, 0.1) is 23.2 Å². The van der Waals surface area contributed by atoms with E-state index in [9.17, 15) is 14.9 Å². The standard InChI is InChI=1S/C22H17ClN4O5/c1-14-9-15(23)3-5-20(14)32-19-11-16(10-17(12-19)27(29)30)25-22(28)21-6-4-18(31-21)13-26-8-2-7-24-26/h2-12H,13H2,1H3,(H,25,28). The molecule has 2 aromatic carbocycles. The van der Waals surface area contributed by atoms with Gasteiger partial charge in [-0.3, -0.25) is 19.6 Å². The molecular formula is C22H17ClN4O5. The molecule has 0 aliphatic carbocycles. The molecule has 0 saturated heterocycles. The van der Waals surface area contributed by atoms with Crippen molar-refractivity contribution < 1.29 is 18.9 Å². The van der Waals surface area contributed by atoms with Gasteiger partial charge >= 0.3 is 0 Å². The van der Waals surface area contributed by atoms with Gasteiger partial charge in [0.15, 0.2) is 5.76 Å². The first-order valence-electron chi connectivity index (χ1n) is 9.48. The Morgan fingerprint density at radius 1 is 1.25 bits per heavy atom. The number of benzene rings is 2. The van der Waals surface area contributed by atoms with Crippen LogP contribution >= 0.6 is 11.6 Å². The SMILES string of the molecule is Cc1cc(Cl)ccc1Oc1cc(NC(=O)c2ccc(Cn3cccn3)o2)cc([N+](=O)[O-])c1. The monoisotopic (exact) mass is 452 g/mol. The zero-order valence-electron chi connectivity index (χ0n) is 16.8. The van der Waals surface area contributed by atoms with E-state index < -0.39 is 10.8 Å². The number of aromatic nitrogens is 2. The number of amides is 1. The summed E-state index contributed by atoms with van der Waals surface area (Å²) in [7, 11) is 0. The number of carbonyl (C=O) groups is 1. The molecule has 10 heteroatoms. The van der Waals surface area contributed by atoms with Gasteiger partial charge in [-0.1, -0.05) is 11.6 Å². The Morgan fingerprint density at radius 2 is 2.09 bits per heavy atom. The molecule has 0 fully saturated rings. The van der Waals surface area contributed by atoms with E-state index in [0.29, 0.717) is 23.1 Å². The number of rotatable bonds is 7. The van der Waals surface area contributed by atoms with Crippen molar-refractivity contribution in [1.29, 1.82) is 0 Å². The van der Waals surface area contributed by atoms with Crippen molar-refractivity contribution in [3.05, 3.63) is 99.2 Å². The van der Waals surface area contributed by atoms with E-state index in [1.807, 2.05) is 0 Å². The Labute approximate surface area is 187 Å². The molecule has 0 saturated carbocycles. The maximum absolute atomic E-state index is 12.6. The van der Waals surface area contributed by atoms with Crippen LogP contribution in [0.4, 0.5) is 11.4 Å². The van der Waals surface area contributed by atoms with Gasteiger partial charge in [0.25, 0.3) is 11.6 Å². The molecule has 0 radical (unpaired) electrons. The first kappa shape index (κ1) is 21.1. The van der Waals surface area contributed by atoms with Crippen LogP contribution < -0.4 is 10.1 Å². The zero-order chi connectivity index (χ0) is 22.7. The number of furan rings is 1. The van der Waals surface area contributed by atoms with Crippen LogP contribution in [0.3, 0.4) is 0 Å². The van der Waals surface area contributed by atoms with Crippen LogP contribution in [0.2, 0.25) is 5.02 Å². The number of carbonyl (C=O) groups excluding carboxylic acids is 1. The lowest BCUT2D eigenvalue weighted by molar-refractivity contribution is -0.384. The van der Waals surface area contributed by atoms with E-state index in [1.165, 1.54) is 24.3 Å². The highest BCUT2D eigenvalue weighted by atomic mass is 35.5. The number of hydrogen-bond acceptors (Lipinski definition) is 6. The minimum atomic E-state index is -0.563. The van der Waals surface area contributed by atoms with Gasteiger partial charge in [0.2, 0.25) is 0 Å². The van der Waals surface area contributed by atoms with Gasteiger partial charge in [0.1, 0.15) is 17.3 Å². The fraction of sp³-hybridized carbons (Fsp3) is 0.0909. The van der Waals surface area contributed by atoms with Crippen molar-refractivity contribution in [2.24, 2.45) is 0 Å². The number of nitrogens with one attached hydrogen (secondary N) is 1. The smallest absolute Gasteiger partial charge is 0.291 e. The third-order valence-corrected chi connectivity index (χ3v) is 4.72. The summed E-state index contributed by atoms with van der Waals surface area (Å²) < 4.78 is 13.0. The summed E-state index contributed by atoms with van der Waals surface area (Å²) in [5.41, 5.74) is 0.717. The van der Waals surface area contributed by atoms with E-state index in [-0.39, 0.29) is 22.9 Å². The number of nitrogens with zero attached hydrogens (tertiary/aromatic N) is 3. The molecule has 32 heavy (non-hydrogen) atoms. The fourth-order valence-corrected chi connectivity index (χ4v) is 3.23. The number of hydrogen-bond donors (Lipinski definition) is 1. The third-order valence-electron chi connectivity index (χ3n) is 4.49. The average Bonchev–Trinajstić information content (AvgIpc) is 3.42. The van der Waals surface area contributed by atoms with E-state index >= 15 is 0 Å². The molecule has 2 heterocycles. The lowest BCUT2D eigenvalue weighted by atomic mass is 10.2. The quantitative estimate of drug-likeness (QED) is 0.295. The van der Waals surface area contributed by atoms with Crippen molar-refractivity contribution in [3.63, 3.8) is 0 Å². The fourth-order valence-electron chi connectivity index (χ4n) is 3.01. The second-order valence-corrected chi connectivity index (χ2v) is 7.34. The van der Waals surface area contributed by atoms with Gasteiger partial charge in [-0.15, -0.1) is 0 Å². The summed E-state index contributed by atoms with van der Waals surface area (Å²) in [6.07, 6.45) is 3.42. The summed E-state index contributed by atoms with van der Waals surface area (Å²) in [6, 6.07) is 14.0. The van der Waals surface area contributed by atoms with Gasteiger partial charge < -0.3 is 14.5 Å². The van der Waals surface area contributed by atoms with E-state index in [0.717, 1.165) is 5.56 Å². The maximum Gasteiger partial charge on any atom is 0.291 e. The topological polar surface area (TPSA) is 112 Å². The molecule has 4 aromatic rings. The minimum Gasteiger partial charge on any atom is -0.457 e. The largest absolute Gasteiger partial charge is 0.457 e. The average molecular weight is 453 g/mol. The summed E-state index contributed by atoms with van der Waals surface area (Å²) in [5.74, 6) is 0.737. The van der Waals surface area contributed by atoms with E-state index in [2.05, 4.69) is 10.4 Å². The number of halogens is 1. The third kappa shape index (κ3) is 4.96. The van der Waals surface area contributed by atoms with Crippen LogP contribution in [-0.4, -0.2) is 20.6 Å². The number of ether oxygens (including phenoxy) is 1. The van der Waals surface area contributed by atoms with Crippen LogP contribution in [-0.2, 0) is 6.54 Å². The zero-order valence-corrected chi connectivity index (χ0v) is 17.6. The molecule has 1 N–H and O–H groups in total. The normalized spacial score (nSPS) is 10.7. The van der Waals surface area contributed by atoms with Gasteiger partial charge in [-0.25, -0.2) is 0 Å². The number of anilines is 1. The molecule has 0 bridgehead atoms. The molecule has 162 valence electrons. The summed E-state index contributed by atoms with van der Waals surface area (Å²) in [4.78, 5) is 23.4. The lowest BCUT2D eigenvalue weighted by Gasteiger charge is -2.11. The van der Waals surface area contributed by atoms with Crippen molar-refractivity contribution in [3.8, 4) is 11.5 Å². The predicted molar refractivity (Wildman–Crippen MR) is 117 cm³/mol. The molecule has 1 amide bonds. The maximum atomic E-state index is 12.6. The van der Waals surface area contributed by atoms with Crippen LogP contribution in [0, 0.1) is 17.0 Å². The summed E-state index contributed by atoms with van der Waals surface area (Å²) in [5, 5.41) is 18.6. The molecule has 0 atom stereocenters. The molecular weight excluding hydrogens is 436 g/mol. The van der Waals surface area contributed by atoms with Crippen molar-refractivity contribution in [1.82, 2.24) is 9.78 Å². The summed E-state index contributed by atoms with van der Waals surface area (Å²) in [6.45, 7) is 2.18. The number of nitro groups is 1. The van der Waals surface area contributed by atoms with Gasteiger partial charge in [-0.2, -0.15) is 5.10 Å². The second kappa shape index (κ2) is 8.94. The van der Waals surface area contributed by atoms with Crippen molar-refractivity contribution >= 4 is 28.9 Å². The number of nitro benzene ring substituents is 1. The Kier molecular flexibility index (Phi) is 5.91. The molecule has 0 unspecified atom stereocenters. The van der Waals surface area contributed by atoms with Gasteiger partial charge in [-0.05, 0) is 48.9 Å². The Morgan fingerprint density at radius 3 is 2.81 bits per heavy atom. The Bertz CT molecular complexity index is 1280. The first-order chi connectivity index (χ1) is 15.4. The van der Waals surface area contributed by atoms with Gasteiger partial charge in [0, 0.05) is 29.5 Å². The molecule has 4 rings (SSSR count). The van der Waals surface area contributed by atoms with Crippen LogP contribution in [0.1, 0.15) is 21.9 Å². The number of non-ortho nitro benzene ring substituents is 1. The molecule has 0 aliphatic heterocycles. The molecule has 0 spiro atoms. The van der Waals surface area contributed by atoms with E-state index in [1.54, 1.807) is 54.3 Å². The minimum absolute atomic E-state index is 0.0645. The first-order valence-corrected chi connectivity index (χ1v) is 9.86. The molecule has 2 aromatic heterocycles. The highest BCUT2D eigenvalue weighted by molar-refractivity contribution is 6.30. The van der Waals surface area contributed by atoms with Crippen LogP contribution in [0.25, 0.3) is 0 Å². The second-order valence-electron chi connectivity index (χ2n) is 6.91. The van der Waals surface area contributed by atoms with Crippen molar-refractivity contribution in [2.45, 2.75) is 13.5 Å². The molecule has 9 nitrogen and oxygen atoms in total. The predicted octanol–water partition coefficient (Wildman–Crippen LogP) is 5.44. The van der Waals surface area contributed by atoms with Crippen molar-refractivity contribution in [2.75, 3.05) is 5.32 Å².